The van der Waals surface area contributed by atoms with E-state index < -0.39 is 0 Å². The summed E-state index contributed by atoms with van der Waals surface area (Å²) in [6, 6.07) is 11.6. The number of nitrogens with zero attached hydrogens (tertiary/aromatic N) is 2. The first-order chi connectivity index (χ1) is 11.2. The molecule has 1 aliphatic heterocycles. The number of halogens is 1. The smallest absolute Gasteiger partial charge is 0.255 e. The summed E-state index contributed by atoms with van der Waals surface area (Å²) in [5, 5.41) is 0.870. The monoisotopic (exact) mass is 391 g/mol. The van der Waals surface area contributed by atoms with Crippen LogP contribution in [-0.2, 0) is 0 Å². The van der Waals surface area contributed by atoms with E-state index in [0.717, 1.165) is 39.5 Å². The van der Waals surface area contributed by atoms with Gasteiger partial charge in [0.15, 0.2) is 0 Å². The van der Waals surface area contributed by atoms with Crippen LogP contribution >= 0.6 is 27.7 Å². The molecule has 1 unspecified atom stereocenters. The van der Waals surface area contributed by atoms with Crippen molar-refractivity contribution in [2.45, 2.75) is 16.3 Å². The van der Waals surface area contributed by atoms with Crippen LogP contribution < -0.4 is 5.73 Å². The third-order valence-corrected chi connectivity index (χ3v) is 5.43. The number of likely N-dealkylation sites (tertiary alicyclic amines) is 1. The van der Waals surface area contributed by atoms with Crippen LogP contribution in [0.15, 0.2) is 57.0 Å². The molecule has 1 aliphatic rings. The van der Waals surface area contributed by atoms with Gasteiger partial charge in [0.1, 0.15) is 5.03 Å². The maximum Gasteiger partial charge on any atom is 0.255 e. The largest absolute Gasteiger partial charge is 0.338 e. The number of hydrogen-bond donors (Lipinski definition) is 1. The first kappa shape index (κ1) is 16.5. The van der Waals surface area contributed by atoms with Gasteiger partial charge in [-0.25, -0.2) is 4.98 Å². The van der Waals surface area contributed by atoms with E-state index in [2.05, 4.69) is 20.9 Å². The standard InChI is InChI=1S/C17H18BrN3OS/c18-13-5-6-16(20-10-13)23-15-4-2-1-3-14(15)17(22)21-8-7-12(9-19)11-21/h1-6,10,12H,7-9,11,19H2. The lowest BCUT2D eigenvalue weighted by Gasteiger charge is -2.18. The van der Waals surface area contributed by atoms with Gasteiger partial charge in [0.2, 0.25) is 0 Å². The highest BCUT2D eigenvalue weighted by atomic mass is 79.9. The van der Waals surface area contributed by atoms with Gasteiger partial charge in [-0.2, -0.15) is 0 Å². The van der Waals surface area contributed by atoms with Gasteiger partial charge in [0.25, 0.3) is 5.91 Å². The molecule has 0 saturated carbocycles. The fourth-order valence-electron chi connectivity index (χ4n) is 2.65. The van der Waals surface area contributed by atoms with Crippen molar-refractivity contribution in [1.82, 2.24) is 9.88 Å². The van der Waals surface area contributed by atoms with Crippen LogP contribution in [0.3, 0.4) is 0 Å². The van der Waals surface area contributed by atoms with Crippen LogP contribution in [0.5, 0.6) is 0 Å². The molecular formula is C17H18BrN3OS. The highest BCUT2D eigenvalue weighted by Crippen LogP contribution is 2.31. The van der Waals surface area contributed by atoms with Gasteiger partial charge in [0.05, 0.1) is 5.56 Å². The van der Waals surface area contributed by atoms with Crippen molar-refractivity contribution in [2.24, 2.45) is 11.7 Å². The van der Waals surface area contributed by atoms with Crippen molar-refractivity contribution in [1.29, 1.82) is 0 Å². The predicted molar refractivity (Wildman–Crippen MR) is 95.6 cm³/mol. The molecule has 1 aromatic carbocycles. The Hall–Kier alpha value is -1.37. The average molecular weight is 392 g/mol. The van der Waals surface area contributed by atoms with Crippen molar-refractivity contribution >= 4 is 33.6 Å². The normalized spacial score (nSPS) is 17.5. The molecule has 1 saturated heterocycles. The number of nitrogens with two attached hydrogens (primary N) is 1. The highest BCUT2D eigenvalue weighted by molar-refractivity contribution is 9.10. The maximum absolute atomic E-state index is 12.8. The summed E-state index contributed by atoms with van der Waals surface area (Å²) in [5.41, 5.74) is 6.46. The van der Waals surface area contributed by atoms with E-state index in [1.54, 1.807) is 6.20 Å². The third-order valence-electron chi connectivity index (χ3n) is 3.94. The summed E-state index contributed by atoms with van der Waals surface area (Å²) in [5.74, 6) is 0.507. The molecule has 0 radical (unpaired) electrons. The zero-order valence-electron chi connectivity index (χ0n) is 12.6. The topological polar surface area (TPSA) is 59.2 Å². The van der Waals surface area contributed by atoms with Crippen LogP contribution in [0.2, 0.25) is 0 Å². The average Bonchev–Trinajstić information content (AvgIpc) is 3.06. The molecule has 1 fully saturated rings. The lowest BCUT2D eigenvalue weighted by molar-refractivity contribution is 0.0784. The molecule has 0 spiro atoms. The van der Waals surface area contributed by atoms with Crippen molar-refractivity contribution in [2.75, 3.05) is 19.6 Å². The number of carbonyl (C=O) groups is 1. The number of hydrogen-bond acceptors (Lipinski definition) is 4. The Kier molecular flexibility index (Phi) is 5.35. The molecule has 2 aromatic rings. The van der Waals surface area contributed by atoms with Crippen molar-refractivity contribution < 1.29 is 4.79 Å². The van der Waals surface area contributed by atoms with E-state index in [9.17, 15) is 4.79 Å². The van der Waals surface area contributed by atoms with Gasteiger partial charge >= 0.3 is 0 Å². The number of pyridine rings is 1. The van der Waals surface area contributed by atoms with Gasteiger partial charge < -0.3 is 10.6 Å². The number of amides is 1. The molecule has 1 aromatic heterocycles. The van der Waals surface area contributed by atoms with Crippen LogP contribution in [-0.4, -0.2) is 35.4 Å². The van der Waals surface area contributed by atoms with Crippen molar-refractivity contribution in [3.8, 4) is 0 Å². The molecule has 120 valence electrons. The quantitative estimate of drug-likeness (QED) is 0.867. The predicted octanol–water partition coefficient (Wildman–Crippen LogP) is 3.42. The van der Waals surface area contributed by atoms with E-state index in [1.807, 2.05) is 41.3 Å². The second kappa shape index (κ2) is 7.47. The maximum atomic E-state index is 12.8. The van der Waals surface area contributed by atoms with Gasteiger partial charge in [0, 0.05) is 28.7 Å². The number of carbonyl (C=O) groups excluding carboxylic acids is 1. The fourth-order valence-corrected chi connectivity index (χ4v) is 3.76. The summed E-state index contributed by atoms with van der Waals surface area (Å²) >= 11 is 4.90. The fraction of sp³-hybridized carbons (Fsp3) is 0.294. The molecule has 1 amide bonds. The number of aromatic nitrogens is 1. The van der Waals surface area contributed by atoms with Crippen molar-refractivity contribution in [3.05, 3.63) is 52.6 Å². The molecule has 2 N–H and O–H groups in total. The Labute approximate surface area is 148 Å². The Bertz CT molecular complexity index is 692. The van der Waals surface area contributed by atoms with E-state index in [1.165, 1.54) is 11.8 Å². The highest BCUT2D eigenvalue weighted by Gasteiger charge is 2.27. The van der Waals surface area contributed by atoms with Gasteiger partial charge in [-0.3, -0.25) is 4.79 Å². The van der Waals surface area contributed by atoms with E-state index in [0.29, 0.717) is 12.5 Å². The molecule has 3 rings (SSSR count). The molecule has 0 aliphatic carbocycles. The lowest BCUT2D eigenvalue weighted by atomic mass is 10.1. The molecule has 2 heterocycles. The van der Waals surface area contributed by atoms with E-state index >= 15 is 0 Å². The summed E-state index contributed by atoms with van der Waals surface area (Å²) in [6.07, 6.45) is 2.75. The molecular weight excluding hydrogens is 374 g/mol. The van der Waals surface area contributed by atoms with E-state index in [4.69, 9.17) is 5.73 Å². The minimum Gasteiger partial charge on any atom is -0.338 e. The second-order valence-electron chi connectivity index (χ2n) is 5.55. The van der Waals surface area contributed by atoms with Crippen LogP contribution in [0, 0.1) is 5.92 Å². The Morgan fingerprint density at radius 2 is 2.17 bits per heavy atom. The first-order valence-electron chi connectivity index (χ1n) is 7.55. The van der Waals surface area contributed by atoms with E-state index in [-0.39, 0.29) is 5.91 Å². The minimum absolute atomic E-state index is 0.0844. The molecule has 4 nitrogen and oxygen atoms in total. The lowest BCUT2D eigenvalue weighted by Crippen LogP contribution is -2.30. The summed E-state index contributed by atoms with van der Waals surface area (Å²) in [4.78, 5) is 20.0. The summed E-state index contributed by atoms with van der Waals surface area (Å²) < 4.78 is 0.941. The summed E-state index contributed by atoms with van der Waals surface area (Å²) in [7, 11) is 0. The van der Waals surface area contributed by atoms with Crippen LogP contribution in [0.1, 0.15) is 16.8 Å². The van der Waals surface area contributed by atoms with Crippen molar-refractivity contribution in [3.63, 3.8) is 0 Å². The van der Waals surface area contributed by atoms with Gasteiger partial charge in [-0.1, -0.05) is 23.9 Å². The number of benzene rings is 1. The first-order valence-corrected chi connectivity index (χ1v) is 9.16. The molecule has 1 atom stereocenters. The number of rotatable bonds is 4. The SMILES string of the molecule is NCC1CCN(C(=O)c2ccccc2Sc2ccc(Br)cn2)C1. The molecule has 23 heavy (non-hydrogen) atoms. The minimum atomic E-state index is 0.0844. The molecule has 0 bridgehead atoms. The zero-order chi connectivity index (χ0) is 16.2. The third kappa shape index (κ3) is 3.94. The Morgan fingerprint density at radius 1 is 1.35 bits per heavy atom. The van der Waals surface area contributed by atoms with Crippen LogP contribution in [0.25, 0.3) is 0 Å². The Balaban J connectivity index is 1.80. The van der Waals surface area contributed by atoms with Crippen LogP contribution in [0.4, 0.5) is 0 Å². The second-order valence-corrected chi connectivity index (χ2v) is 7.53. The zero-order valence-corrected chi connectivity index (χ0v) is 15.0. The molecule has 6 heteroatoms. The van der Waals surface area contributed by atoms with Gasteiger partial charge in [-0.15, -0.1) is 0 Å². The Morgan fingerprint density at radius 3 is 2.87 bits per heavy atom. The van der Waals surface area contributed by atoms with Gasteiger partial charge in [-0.05, 0) is 59.1 Å². The summed E-state index contributed by atoms with van der Waals surface area (Å²) in [6.45, 7) is 2.18.